The number of aliphatic hydroxyl groups excluding tert-OH is 1. The van der Waals surface area contributed by atoms with E-state index in [2.05, 4.69) is 0 Å². The molecule has 26 heavy (non-hydrogen) atoms. The fourth-order valence-electron chi connectivity index (χ4n) is 2.49. The summed E-state index contributed by atoms with van der Waals surface area (Å²) in [6.07, 6.45) is 1.51. The molecule has 0 atom stereocenters. The molecule has 1 aromatic carbocycles. The van der Waals surface area contributed by atoms with Gasteiger partial charge in [-0.1, -0.05) is 13.8 Å². The molecule has 2 amide bonds. The summed E-state index contributed by atoms with van der Waals surface area (Å²) < 4.78 is 26.2. The lowest BCUT2D eigenvalue weighted by Crippen LogP contribution is -2.33. The van der Waals surface area contributed by atoms with E-state index in [-0.39, 0.29) is 35.1 Å². The summed E-state index contributed by atoms with van der Waals surface area (Å²) in [5, 5.41) is 8.98. The topological polar surface area (TPSA) is 121 Å². The van der Waals surface area contributed by atoms with Crippen molar-refractivity contribution < 1.29 is 23.1 Å². The van der Waals surface area contributed by atoms with Gasteiger partial charge < -0.3 is 15.7 Å². The van der Waals surface area contributed by atoms with E-state index < -0.39 is 15.9 Å². The molecule has 0 bridgehead atoms. The molecule has 8 nitrogen and oxygen atoms in total. The van der Waals surface area contributed by atoms with Crippen molar-refractivity contribution in [1.82, 2.24) is 9.21 Å². The van der Waals surface area contributed by atoms with Crippen molar-refractivity contribution in [3.8, 4) is 0 Å². The minimum Gasteiger partial charge on any atom is -0.395 e. The second-order valence-electron chi connectivity index (χ2n) is 5.95. The maximum atomic E-state index is 12.8. The highest BCUT2D eigenvalue weighted by Gasteiger charge is 2.25. The van der Waals surface area contributed by atoms with Crippen LogP contribution in [0, 0.1) is 0 Å². The number of hydrogen-bond acceptors (Lipinski definition) is 5. The van der Waals surface area contributed by atoms with Crippen LogP contribution in [0.1, 0.15) is 47.4 Å². The van der Waals surface area contributed by atoms with Crippen LogP contribution in [0.5, 0.6) is 0 Å². The first-order chi connectivity index (χ1) is 12.2. The number of rotatable bonds is 10. The average Bonchev–Trinajstić information content (AvgIpc) is 2.60. The predicted molar refractivity (Wildman–Crippen MR) is 98.3 cm³/mol. The highest BCUT2D eigenvalue weighted by atomic mass is 32.2. The van der Waals surface area contributed by atoms with Gasteiger partial charge in [0.05, 0.1) is 11.5 Å². The summed E-state index contributed by atoms with van der Waals surface area (Å²) in [7, 11) is -2.66. The third kappa shape index (κ3) is 5.26. The molecule has 0 unspecified atom stereocenters. The lowest BCUT2D eigenvalue weighted by molar-refractivity contribution is 0.0755. The predicted octanol–water partition coefficient (Wildman–Crippen LogP) is 0.661. The quantitative estimate of drug-likeness (QED) is 0.613. The maximum absolute atomic E-state index is 12.8. The van der Waals surface area contributed by atoms with Gasteiger partial charge in [0.15, 0.2) is 0 Å². The molecule has 0 fully saturated rings. The molecule has 0 aliphatic carbocycles. The number of carbonyl (C=O) groups excluding carboxylic acids is 2. The number of sulfonamides is 1. The molecule has 0 aromatic heterocycles. The van der Waals surface area contributed by atoms with Crippen molar-refractivity contribution in [3.63, 3.8) is 0 Å². The van der Waals surface area contributed by atoms with Gasteiger partial charge >= 0.3 is 0 Å². The van der Waals surface area contributed by atoms with Gasteiger partial charge in [-0.25, -0.2) is 8.42 Å². The number of carbonyl (C=O) groups is 2. The SMILES string of the molecule is CCCN(CCC)C(=O)c1cc(C(N)=O)cc(S(=O)(=O)N(C)CCO)c1. The molecule has 0 saturated carbocycles. The smallest absolute Gasteiger partial charge is 0.253 e. The molecule has 1 aromatic rings. The zero-order chi connectivity index (χ0) is 19.9. The Labute approximate surface area is 154 Å². The number of hydrogen-bond donors (Lipinski definition) is 2. The molecule has 0 radical (unpaired) electrons. The number of benzene rings is 1. The van der Waals surface area contributed by atoms with Gasteiger partial charge in [0.2, 0.25) is 15.9 Å². The van der Waals surface area contributed by atoms with E-state index in [0.29, 0.717) is 13.1 Å². The van der Waals surface area contributed by atoms with Crippen molar-refractivity contribution in [3.05, 3.63) is 29.3 Å². The fraction of sp³-hybridized carbons (Fsp3) is 0.529. The summed E-state index contributed by atoms with van der Waals surface area (Å²) in [5.74, 6) is -1.17. The Kier molecular flexibility index (Phi) is 8.19. The van der Waals surface area contributed by atoms with Crippen LogP contribution in [0.3, 0.4) is 0 Å². The van der Waals surface area contributed by atoms with Crippen LogP contribution in [-0.4, -0.2) is 67.8 Å². The van der Waals surface area contributed by atoms with E-state index in [9.17, 15) is 18.0 Å². The van der Waals surface area contributed by atoms with Crippen LogP contribution in [0.2, 0.25) is 0 Å². The Bertz CT molecular complexity index is 743. The Balaban J connectivity index is 3.44. The minimum absolute atomic E-state index is 0.0558. The second-order valence-corrected chi connectivity index (χ2v) is 8.00. The van der Waals surface area contributed by atoms with Gasteiger partial charge in [0.25, 0.3) is 5.91 Å². The third-order valence-corrected chi connectivity index (χ3v) is 5.67. The van der Waals surface area contributed by atoms with Crippen LogP contribution in [-0.2, 0) is 10.0 Å². The van der Waals surface area contributed by atoms with Crippen LogP contribution in [0.4, 0.5) is 0 Å². The molecule has 3 N–H and O–H groups in total. The third-order valence-electron chi connectivity index (χ3n) is 3.84. The van der Waals surface area contributed by atoms with Gasteiger partial charge in [0, 0.05) is 37.8 Å². The molecular weight excluding hydrogens is 358 g/mol. The van der Waals surface area contributed by atoms with Crippen molar-refractivity contribution >= 4 is 21.8 Å². The summed E-state index contributed by atoms with van der Waals surface area (Å²) in [5.41, 5.74) is 5.35. The van der Waals surface area contributed by atoms with E-state index in [1.807, 2.05) is 13.8 Å². The van der Waals surface area contributed by atoms with Crippen LogP contribution in [0.25, 0.3) is 0 Å². The van der Waals surface area contributed by atoms with Gasteiger partial charge in [-0.05, 0) is 31.0 Å². The highest BCUT2D eigenvalue weighted by molar-refractivity contribution is 7.89. The Morgan fingerprint density at radius 3 is 2.04 bits per heavy atom. The molecule has 0 saturated heterocycles. The monoisotopic (exact) mass is 385 g/mol. The molecule has 0 aliphatic rings. The fourth-order valence-corrected chi connectivity index (χ4v) is 3.73. The highest BCUT2D eigenvalue weighted by Crippen LogP contribution is 2.20. The molecule has 146 valence electrons. The van der Waals surface area contributed by atoms with Crippen LogP contribution in [0.15, 0.2) is 23.1 Å². The van der Waals surface area contributed by atoms with Gasteiger partial charge in [-0.3, -0.25) is 9.59 Å². The molecule has 0 heterocycles. The summed E-state index contributed by atoms with van der Waals surface area (Å²) in [6, 6.07) is 3.71. The minimum atomic E-state index is -3.97. The van der Waals surface area contributed by atoms with Gasteiger partial charge in [-0.2, -0.15) is 4.31 Å². The molecule has 9 heteroatoms. The second kappa shape index (κ2) is 9.65. The Morgan fingerprint density at radius 2 is 1.58 bits per heavy atom. The van der Waals surface area contributed by atoms with Crippen LogP contribution < -0.4 is 5.73 Å². The maximum Gasteiger partial charge on any atom is 0.253 e. The van der Waals surface area contributed by atoms with Crippen LogP contribution >= 0.6 is 0 Å². The van der Waals surface area contributed by atoms with Crippen molar-refractivity contribution in [2.24, 2.45) is 5.73 Å². The normalized spacial score (nSPS) is 11.6. The van der Waals surface area contributed by atoms with Crippen molar-refractivity contribution in [2.45, 2.75) is 31.6 Å². The molecular formula is C17H27N3O5S. The van der Waals surface area contributed by atoms with E-state index >= 15 is 0 Å². The van der Waals surface area contributed by atoms with Gasteiger partial charge in [-0.15, -0.1) is 0 Å². The molecule has 0 spiro atoms. The number of aliphatic hydroxyl groups is 1. The molecule has 0 aliphatic heterocycles. The number of primary amides is 1. The standard InChI is InChI=1S/C17H27N3O5S/c1-4-6-20(7-5-2)17(23)14-10-13(16(18)22)11-15(12-14)26(24,25)19(3)8-9-21/h10-12,21H,4-9H2,1-3H3,(H2,18,22). The first-order valence-electron chi connectivity index (χ1n) is 8.50. The Hall–Kier alpha value is -1.97. The number of amides is 2. The average molecular weight is 385 g/mol. The van der Waals surface area contributed by atoms with Crippen molar-refractivity contribution in [1.29, 1.82) is 0 Å². The summed E-state index contributed by atoms with van der Waals surface area (Å²) in [4.78, 5) is 25.8. The number of nitrogens with two attached hydrogens (primary N) is 1. The van der Waals surface area contributed by atoms with E-state index in [1.54, 1.807) is 4.90 Å². The largest absolute Gasteiger partial charge is 0.395 e. The zero-order valence-corrected chi connectivity index (χ0v) is 16.3. The van der Waals surface area contributed by atoms with Gasteiger partial charge in [0.1, 0.15) is 0 Å². The first-order valence-corrected chi connectivity index (χ1v) is 9.94. The zero-order valence-electron chi connectivity index (χ0n) is 15.4. The Morgan fingerprint density at radius 1 is 1.04 bits per heavy atom. The summed E-state index contributed by atoms with van der Waals surface area (Å²) >= 11 is 0. The van der Waals surface area contributed by atoms with E-state index in [1.165, 1.54) is 19.2 Å². The van der Waals surface area contributed by atoms with E-state index in [0.717, 1.165) is 23.2 Å². The number of likely N-dealkylation sites (N-methyl/N-ethyl adjacent to an activating group) is 1. The summed E-state index contributed by atoms with van der Waals surface area (Å²) in [6.45, 7) is 4.48. The number of nitrogens with zero attached hydrogens (tertiary/aromatic N) is 2. The van der Waals surface area contributed by atoms with E-state index in [4.69, 9.17) is 10.8 Å². The first kappa shape index (κ1) is 22.1. The lowest BCUT2D eigenvalue weighted by Gasteiger charge is -2.22. The lowest BCUT2D eigenvalue weighted by atomic mass is 10.1. The molecule has 1 rings (SSSR count). The van der Waals surface area contributed by atoms with Crippen molar-refractivity contribution in [2.75, 3.05) is 33.3 Å².